The molecule has 1 aliphatic rings. The van der Waals surface area contributed by atoms with Crippen LogP contribution in [-0.4, -0.2) is 45.4 Å². The minimum absolute atomic E-state index is 0.691. The Morgan fingerprint density at radius 1 is 0.407 bits per heavy atom. The first-order valence-corrected chi connectivity index (χ1v) is 12.7. The molecule has 0 amide bonds. The van der Waals surface area contributed by atoms with E-state index in [0.717, 1.165) is 0 Å². The van der Waals surface area contributed by atoms with E-state index >= 15 is 0 Å². The number of hydrogen-bond donors (Lipinski definition) is 0. The van der Waals surface area contributed by atoms with Gasteiger partial charge in [-0.05, 0) is 36.4 Å². The van der Waals surface area contributed by atoms with E-state index in [0.29, 0.717) is 17.2 Å². The average molecular weight is 408 g/mol. The molecule has 6 nitrogen and oxygen atoms in total. The number of rotatable bonds is 6. The standard InChI is InChI=1S/3C6H6O.3Al.3O/c3*7-6-4-2-1-3-5-6;;;;;;/h3*1-5,7H;;;;;;/q;;;3*+1;;;/p-3. The van der Waals surface area contributed by atoms with Crippen molar-refractivity contribution in [3.8, 4) is 17.2 Å². The van der Waals surface area contributed by atoms with E-state index in [1.165, 1.54) is 0 Å². The molecule has 9 heteroatoms. The van der Waals surface area contributed by atoms with E-state index in [4.69, 9.17) is 19.9 Å². The lowest BCUT2D eigenvalue weighted by Gasteiger charge is -2.27. The zero-order chi connectivity index (χ0) is 18.3. The fourth-order valence-electron chi connectivity index (χ4n) is 2.37. The molecule has 132 valence electrons. The van der Waals surface area contributed by atoms with Crippen molar-refractivity contribution in [3.05, 3.63) is 91.0 Å². The first kappa shape index (κ1) is 18.9. The molecule has 0 bridgehead atoms. The third-order valence-electron chi connectivity index (χ3n) is 3.59. The molecule has 0 radical (unpaired) electrons. The molecule has 0 N–H and O–H groups in total. The largest absolute Gasteiger partial charge is 0.947 e. The highest BCUT2D eigenvalue weighted by Crippen LogP contribution is 2.20. The number of hydrogen-bond acceptors (Lipinski definition) is 6. The Hall–Kier alpha value is -1.46. The van der Waals surface area contributed by atoms with Gasteiger partial charge in [-0.2, -0.15) is 0 Å². The molecule has 0 atom stereocenters. The predicted octanol–water partition coefficient (Wildman–Crippen LogP) is 3.24. The summed E-state index contributed by atoms with van der Waals surface area (Å²) < 4.78 is 35.5. The van der Waals surface area contributed by atoms with E-state index in [2.05, 4.69) is 0 Å². The predicted molar refractivity (Wildman–Crippen MR) is 102 cm³/mol. The lowest BCUT2D eigenvalue weighted by atomic mass is 10.3. The Morgan fingerprint density at radius 3 is 0.926 bits per heavy atom. The maximum Gasteiger partial charge on any atom is 0.947 e. The minimum Gasteiger partial charge on any atom is -0.601 e. The molecule has 0 unspecified atom stereocenters. The molecular weight excluding hydrogens is 393 g/mol. The maximum atomic E-state index is 5.92. The SMILES string of the molecule is c1ccc([O][Al]2[O][Al]([O]c3ccccc3)[O][Al]([O]c3ccccc3)[O]2)cc1. The van der Waals surface area contributed by atoms with Gasteiger partial charge in [-0.1, -0.05) is 54.6 Å². The van der Waals surface area contributed by atoms with Gasteiger partial charge in [-0.3, -0.25) is 0 Å². The van der Waals surface area contributed by atoms with Crippen LogP contribution in [0.25, 0.3) is 0 Å². The maximum absolute atomic E-state index is 5.92. The molecule has 1 heterocycles. The molecule has 0 aliphatic carbocycles. The molecule has 1 aliphatic heterocycles. The summed E-state index contributed by atoms with van der Waals surface area (Å²) in [5, 5.41) is 0. The lowest BCUT2D eigenvalue weighted by molar-refractivity contribution is 0.146. The first-order valence-electron chi connectivity index (χ1n) is 8.47. The van der Waals surface area contributed by atoms with E-state index in [1.54, 1.807) is 0 Å². The normalized spacial score (nSPS) is 14.0. The topological polar surface area (TPSA) is 55.4 Å². The van der Waals surface area contributed by atoms with Gasteiger partial charge in [0.15, 0.2) is 0 Å². The summed E-state index contributed by atoms with van der Waals surface area (Å²) in [4.78, 5) is 0. The summed E-state index contributed by atoms with van der Waals surface area (Å²) in [6, 6.07) is 28.3. The third-order valence-corrected chi connectivity index (χ3v) is 10.3. The van der Waals surface area contributed by atoms with Crippen LogP contribution in [-0.2, 0) is 8.52 Å². The molecule has 1 fully saturated rings. The summed E-state index contributed by atoms with van der Waals surface area (Å²) in [6.07, 6.45) is 0. The molecule has 1 saturated heterocycles. The molecule has 3 aromatic rings. The zero-order valence-electron chi connectivity index (χ0n) is 14.3. The smallest absolute Gasteiger partial charge is 0.601 e. The molecule has 0 saturated carbocycles. The Bertz CT molecular complexity index is 705. The summed E-state index contributed by atoms with van der Waals surface area (Å²) in [7, 11) is 0. The first-order chi connectivity index (χ1) is 13.3. The van der Waals surface area contributed by atoms with Crippen LogP contribution in [0.1, 0.15) is 0 Å². The van der Waals surface area contributed by atoms with Crippen molar-refractivity contribution in [2.24, 2.45) is 0 Å². The van der Waals surface area contributed by atoms with Gasteiger partial charge in [-0.15, -0.1) is 0 Å². The van der Waals surface area contributed by atoms with Crippen molar-refractivity contribution < 1.29 is 19.9 Å². The lowest BCUT2D eigenvalue weighted by Crippen LogP contribution is -2.56. The van der Waals surface area contributed by atoms with Gasteiger partial charge < -0.3 is 19.9 Å². The highest BCUT2D eigenvalue weighted by molar-refractivity contribution is 6.67. The summed E-state index contributed by atoms with van der Waals surface area (Å²) in [5.41, 5.74) is 0. The van der Waals surface area contributed by atoms with Crippen molar-refractivity contribution in [2.45, 2.75) is 0 Å². The highest BCUT2D eigenvalue weighted by Gasteiger charge is 2.61. The summed E-state index contributed by atoms with van der Waals surface area (Å²) in [5.74, 6) is 2.07. The second-order valence-corrected chi connectivity index (χ2v) is 11.3. The van der Waals surface area contributed by atoms with Crippen LogP contribution in [0.4, 0.5) is 0 Å². The molecular formula is C18H15Al3O6. The van der Waals surface area contributed by atoms with Crippen LogP contribution < -0.4 is 11.4 Å². The summed E-state index contributed by atoms with van der Waals surface area (Å²) in [6.45, 7) is 0. The number of para-hydroxylation sites is 3. The van der Waals surface area contributed by atoms with Crippen molar-refractivity contribution >= 4 is 45.4 Å². The summed E-state index contributed by atoms with van der Waals surface area (Å²) >= 11 is -7.51. The van der Waals surface area contributed by atoms with Crippen LogP contribution in [0.5, 0.6) is 17.2 Å². The van der Waals surface area contributed by atoms with Gasteiger partial charge in [0, 0.05) is 0 Å². The van der Waals surface area contributed by atoms with Crippen LogP contribution in [0, 0.1) is 0 Å². The fraction of sp³-hybridized carbons (Fsp3) is 0. The second-order valence-electron chi connectivity index (χ2n) is 5.57. The van der Waals surface area contributed by atoms with E-state index in [9.17, 15) is 0 Å². The molecule has 4 rings (SSSR count). The van der Waals surface area contributed by atoms with Crippen LogP contribution in [0.15, 0.2) is 91.0 Å². The van der Waals surface area contributed by atoms with Crippen molar-refractivity contribution in [1.29, 1.82) is 0 Å². The quantitative estimate of drug-likeness (QED) is 0.584. The Balaban J connectivity index is 1.47. The molecule has 27 heavy (non-hydrogen) atoms. The van der Waals surface area contributed by atoms with Gasteiger partial charge in [0.25, 0.3) is 0 Å². The van der Waals surface area contributed by atoms with Gasteiger partial charge in [0.2, 0.25) is 0 Å². The third kappa shape index (κ3) is 5.75. The van der Waals surface area contributed by atoms with E-state index in [-0.39, 0.29) is 0 Å². The molecule has 3 aromatic carbocycles. The van der Waals surface area contributed by atoms with Crippen molar-refractivity contribution in [2.75, 3.05) is 0 Å². The Kier molecular flexibility index (Phi) is 6.75. The van der Waals surface area contributed by atoms with E-state index < -0.39 is 45.4 Å². The highest BCUT2D eigenvalue weighted by atomic mass is 27.4. The fourth-order valence-corrected chi connectivity index (χ4v) is 9.52. The van der Waals surface area contributed by atoms with Crippen LogP contribution in [0.2, 0.25) is 0 Å². The molecule has 0 spiro atoms. The van der Waals surface area contributed by atoms with Gasteiger partial charge in [0.05, 0.1) is 17.2 Å². The average Bonchev–Trinajstić information content (AvgIpc) is 2.70. The van der Waals surface area contributed by atoms with Crippen molar-refractivity contribution in [3.63, 3.8) is 0 Å². The zero-order valence-corrected chi connectivity index (χ0v) is 17.8. The number of benzene rings is 3. The van der Waals surface area contributed by atoms with E-state index in [1.807, 2.05) is 91.0 Å². The Morgan fingerprint density at radius 2 is 0.667 bits per heavy atom. The van der Waals surface area contributed by atoms with Crippen LogP contribution >= 0.6 is 0 Å². The minimum atomic E-state index is -2.50. The van der Waals surface area contributed by atoms with Gasteiger partial charge in [-0.25, -0.2) is 0 Å². The monoisotopic (exact) mass is 408 g/mol. The Labute approximate surface area is 173 Å². The van der Waals surface area contributed by atoms with Gasteiger partial charge in [0.1, 0.15) is 0 Å². The van der Waals surface area contributed by atoms with Crippen LogP contribution in [0.3, 0.4) is 0 Å². The second kappa shape index (κ2) is 9.65. The van der Waals surface area contributed by atoms with Crippen molar-refractivity contribution in [1.82, 2.24) is 0 Å². The van der Waals surface area contributed by atoms with Gasteiger partial charge >= 0.3 is 45.4 Å². The molecule has 0 aromatic heterocycles.